The summed E-state index contributed by atoms with van der Waals surface area (Å²) >= 11 is 0. The summed E-state index contributed by atoms with van der Waals surface area (Å²) in [7, 11) is 0. The number of Topliss-reactive ketones (excluding diaryl/α,β-unsaturated/α-hetero) is 1. The molecular weight excluding hydrogens is 296 g/mol. The van der Waals surface area contributed by atoms with Crippen LogP contribution in [0.15, 0.2) is 48.5 Å². The molecule has 0 saturated carbocycles. The van der Waals surface area contributed by atoms with Gasteiger partial charge in [-0.3, -0.25) is 9.69 Å². The molecule has 0 atom stereocenters. The van der Waals surface area contributed by atoms with Crippen molar-refractivity contribution >= 4 is 11.5 Å². The number of hydrogen-bond acceptors (Lipinski definition) is 3. The summed E-state index contributed by atoms with van der Waals surface area (Å²) < 4.78 is 0. The quantitative estimate of drug-likeness (QED) is 0.811. The molecule has 0 fully saturated rings. The molecule has 126 valence electrons. The lowest BCUT2D eigenvalue weighted by Crippen LogP contribution is -2.35. The fourth-order valence-electron chi connectivity index (χ4n) is 3.16. The van der Waals surface area contributed by atoms with Crippen LogP contribution in [-0.2, 0) is 13.0 Å². The molecule has 2 aromatic rings. The fourth-order valence-corrected chi connectivity index (χ4v) is 3.16. The van der Waals surface area contributed by atoms with Gasteiger partial charge in [0.15, 0.2) is 5.78 Å². The van der Waals surface area contributed by atoms with Gasteiger partial charge in [0.2, 0.25) is 0 Å². The van der Waals surface area contributed by atoms with E-state index in [9.17, 15) is 4.79 Å². The number of rotatable bonds is 6. The average Bonchev–Trinajstić information content (AvgIpc) is 2.61. The number of fused-ring (bicyclic) bond motifs is 1. The van der Waals surface area contributed by atoms with Crippen molar-refractivity contribution in [3.05, 3.63) is 65.2 Å². The third kappa shape index (κ3) is 4.04. The number of nitrogens with zero attached hydrogens (tertiary/aromatic N) is 1. The predicted octanol–water partition coefficient (Wildman–Crippen LogP) is 4.14. The highest BCUT2D eigenvalue weighted by atomic mass is 16.1. The maximum absolute atomic E-state index is 12.8. The number of hydrogen-bond donors (Lipinski definition) is 1. The molecule has 1 aliphatic rings. The third-order valence-electron chi connectivity index (χ3n) is 4.67. The van der Waals surface area contributed by atoms with Crippen molar-refractivity contribution in [2.75, 3.05) is 18.4 Å². The van der Waals surface area contributed by atoms with Gasteiger partial charge in [-0.1, -0.05) is 30.3 Å². The lowest BCUT2D eigenvalue weighted by atomic mass is 9.99. The first kappa shape index (κ1) is 16.7. The van der Waals surface area contributed by atoms with Crippen LogP contribution < -0.4 is 5.32 Å². The second-order valence-corrected chi connectivity index (χ2v) is 6.81. The molecule has 0 amide bonds. The molecule has 0 unspecified atom stereocenters. The second-order valence-electron chi connectivity index (χ2n) is 6.81. The van der Waals surface area contributed by atoms with E-state index in [1.165, 1.54) is 16.8 Å². The standard InChI is InChI=1S/C21H26N2O/c1-16(2)23(14-17-7-4-3-5-8-17)15-21(24)19-10-11-20-18(13-19)9-6-12-22-20/h3-5,7-8,10-11,13,16,22H,6,9,12,14-15H2,1-2H3. The van der Waals surface area contributed by atoms with Crippen molar-refractivity contribution in [2.24, 2.45) is 0 Å². The Morgan fingerprint density at radius 1 is 1.17 bits per heavy atom. The zero-order valence-electron chi connectivity index (χ0n) is 14.6. The predicted molar refractivity (Wildman–Crippen MR) is 99.6 cm³/mol. The van der Waals surface area contributed by atoms with E-state index in [4.69, 9.17) is 0 Å². The Labute approximate surface area is 144 Å². The van der Waals surface area contributed by atoms with Crippen LogP contribution in [0.25, 0.3) is 0 Å². The van der Waals surface area contributed by atoms with Crippen LogP contribution in [-0.4, -0.2) is 29.8 Å². The highest BCUT2D eigenvalue weighted by Gasteiger charge is 2.17. The van der Waals surface area contributed by atoms with Crippen LogP contribution in [0, 0.1) is 0 Å². The molecular formula is C21H26N2O. The van der Waals surface area contributed by atoms with Gasteiger partial charge in [-0.2, -0.15) is 0 Å². The molecule has 0 saturated heterocycles. The molecule has 1 aliphatic heterocycles. The fraction of sp³-hybridized carbons (Fsp3) is 0.381. The Balaban J connectivity index is 1.71. The Morgan fingerprint density at radius 3 is 2.71 bits per heavy atom. The van der Waals surface area contributed by atoms with Crippen LogP contribution in [0.5, 0.6) is 0 Å². The molecule has 0 aliphatic carbocycles. The van der Waals surface area contributed by atoms with E-state index in [2.05, 4.69) is 48.3 Å². The number of carbonyl (C=O) groups is 1. The van der Waals surface area contributed by atoms with Crippen LogP contribution in [0.2, 0.25) is 0 Å². The van der Waals surface area contributed by atoms with Gasteiger partial charge in [-0.05, 0) is 56.0 Å². The molecule has 0 aromatic heterocycles. The van der Waals surface area contributed by atoms with Gasteiger partial charge in [-0.25, -0.2) is 0 Å². The molecule has 3 nitrogen and oxygen atoms in total. The maximum atomic E-state index is 12.8. The first-order valence-corrected chi connectivity index (χ1v) is 8.81. The summed E-state index contributed by atoms with van der Waals surface area (Å²) in [6.07, 6.45) is 2.19. The summed E-state index contributed by atoms with van der Waals surface area (Å²) in [6, 6.07) is 16.8. The summed E-state index contributed by atoms with van der Waals surface area (Å²) in [6.45, 7) is 6.58. The summed E-state index contributed by atoms with van der Waals surface area (Å²) in [5.41, 5.74) is 4.53. The van der Waals surface area contributed by atoms with E-state index < -0.39 is 0 Å². The van der Waals surface area contributed by atoms with Crippen LogP contribution >= 0.6 is 0 Å². The Kier molecular flexibility index (Phi) is 5.31. The van der Waals surface area contributed by atoms with E-state index in [1.807, 2.05) is 24.3 Å². The van der Waals surface area contributed by atoms with E-state index in [0.717, 1.165) is 31.5 Å². The molecule has 24 heavy (non-hydrogen) atoms. The Bertz CT molecular complexity index is 694. The highest BCUT2D eigenvalue weighted by molar-refractivity contribution is 5.98. The van der Waals surface area contributed by atoms with Crippen LogP contribution in [0.3, 0.4) is 0 Å². The van der Waals surface area contributed by atoms with Crippen molar-refractivity contribution in [3.63, 3.8) is 0 Å². The Hall–Kier alpha value is -2.13. The zero-order valence-corrected chi connectivity index (χ0v) is 14.6. The molecule has 1 heterocycles. The third-order valence-corrected chi connectivity index (χ3v) is 4.67. The molecule has 3 rings (SSSR count). The van der Waals surface area contributed by atoms with Gasteiger partial charge < -0.3 is 5.32 Å². The molecule has 1 N–H and O–H groups in total. The highest BCUT2D eigenvalue weighted by Crippen LogP contribution is 2.23. The molecule has 0 radical (unpaired) electrons. The van der Waals surface area contributed by atoms with Crippen LogP contribution in [0.1, 0.15) is 41.8 Å². The largest absolute Gasteiger partial charge is 0.385 e. The van der Waals surface area contributed by atoms with Gasteiger partial charge in [0.1, 0.15) is 0 Å². The molecule has 0 spiro atoms. The van der Waals surface area contributed by atoms with Crippen molar-refractivity contribution in [2.45, 2.75) is 39.3 Å². The normalized spacial score (nSPS) is 13.7. The topological polar surface area (TPSA) is 32.3 Å². The smallest absolute Gasteiger partial charge is 0.176 e. The molecule has 2 aromatic carbocycles. The minimum atomic E-state index is 0.202. The minimum Gasteiger partial charge on any atom is -0.385 e. The zero-order chi connectivity index (χ0) is 16.9. The van der Waals surface area contributed by atoms with Gasteiger partial charge in [0.05, 0.1) is 6.54 Å². The van der Waals surface area contributed by atoms with Crippen molar-refractivity contribution < 1.29 is 4.79 Å². The van der Waals surface area contributed by atoms with Crippen molar-refractivity contribution in [1.29, 1.82) is 0 Å². The van der Waals surface area contributed by atoms with E-state index in [-0.39, 0.29) is 5.78 Å². The molecule has 3 heteroatoms. The number of nitrogens with one attached hydrogen (secondary N) is 1. The maximum Gasteiger partial charge on any atom is 0.176 e. The van der Waals surface area contributed by atoms with Gasteiger partial charge >= 0.3 is 0 Å². The number of aryl methyl sites for hydroxylation is 1. The minimum absolute atomic E-state index is 0.202. The van der Waals surface area contributed by atoms with Crippen molar-refractivity contribution in [1.82, 2.24) is 4.90 Å². The number of ketones is 1. The second kappa shape index (κ2) is 7.63. The lowest BCUT2D eigenvalue weighted by molar-refractivity contribution is 0.0898. The van der Waals surface area contributed by atoms with Crippen LogP contribution in [0.4, 0.5) is 5.69 Å². The number of benzene rings is 2. The van der Waals surface area contributed by atoms with E-state index in [1.54, 1.807) is 0 Å². The molecule has 0 bridgehead atoms. The number of carbonyl (C=O) groups excluding carboxylic acids is 1. The lowest BCUT2D eigenvalue weighted by Gasteiger charge is -2.26. The van der Waals surface area contributed by atoms with Crippen molar-refractivity contribution in [3.8, 4) is 0 Å². The first-order chi connectivity index (χ1) is 11.6. The van der Waals surface area contributed by atoms with Gasteiger partial charge in [0, 0.05) is 30.4 Å². The van der Waals surface area contributed by atoms with Gasteiger partial charge in [-0.15, -0.1) is 0 Å². The average molecular weight is 322 g/mol. The Morgan fingerprint density at radius 2 is 1.96 bits per heavy atom. The summed E-state index contributed by atoms with van der Waals surface area (Å²) in [5, 5.41) is 3.40. The van der Waals surface area contributed by atoms with E-state index in [0.29, 0.717) is 12.6 Å². The SMILES string of the molecule is CC(C)N(CC(=O)c1ccc2c(c1)CCCN2)Cc1ccccc1. The summed E-state index contributed by atoms with van der Waals surface area (Å²) in [4.78, 5) is 15.0. The monoisotopic (exact) mass is 322 g/mol. The number of anilines is 1. The summed E-state index contributed by atoms with van der Waals surface area (Å²) in [5.74, 6) is 0.202. The van der Waals surface area contributed by atoms with Gasteiger partial charge in [0.25, 0.3) is 0 Å². The van der Waals surface area contributed by atoms with E-state index >= 15 is 0 Å². The first-order valence-electron chi connectivity index (χ1n) is 8.81.